The summed E-state index contributed by atoms with van der Waals surface area (Å²) < 4.78 is 35.9. The van der Waals surface area contributed by atoms with Crippen LogP contribution in [-0.4, -0.2) is 49.6 Å². The second kappa shape index (κ2) is 3.42. The molecule has 0 aliphatic carbocycles. The molecule has 2 fully saturated rings. The van der Waals surface area contributed by atoms with Crippen molar-refractivity contribution in [2.24, 2.45) is 5.92 Å². The van der Waals surface area contributed by atoms with Crippen molar-refractivity contribution >= 4 is 9.84 Å². The highest BCUT2D eigenvalue weighted by molar-refractivity contribution is 7.93. The Bertz CT molecular complexity index is 346. The van der Waals surface area contributed by atoms with Crippen LogP contribution in [0.3, 0.4) is 0 Å². The maximum Gasteiger partial charge on any atom is 0.158 e. The molecule has 0 aromatic carbocycles. The highest BCUT2D eigenvalue weighted by Gasteiger charge is 2.61. The fourth-order valence-corrected chi connectivity index (χ4v) is 5.11. The van der Waals surface area contributed by atoms with E-state index in [-0.39, 0.29) is 11.7 Å². The monoisotopic (exact) mass is 235 g/mol. The molecule has 2 aliphatic rings. The van der Waals surface area contributed by atoms with Gasteiger partial charge in [-0.25, -0.2) is 8.42 Å². The molecule has 2 saturated heterocycles. The van der Waals surface area contributed by atoms with Gasteiger partial charge in [0.25, 0.3) is 0 Å². The van der Waals surface area contributed by atoms with Crippen LogP contribution < -0.4 is 0 Å². The number of nitrogens with zero attached hydrogens (tertiary/aromatic N) is 1. The van der Waals surface area contributed by atoms with Gasteiger partial charge < -0.3 is 0 Å². The smallest absolute Gasteiger partial charge is 0.158 e. The molecule has 2 rings (SSSR count). The van der Waals surface area contributed by atoms with E-state index in [1.807, 2.05) is 13.8 Å². The summed E-state index contributed by atoms with van der Waals surface area (Å²) in [4.78, 5) is 2.10. The zero-order chi connectivity index (χ0) is 11.3. The van der Waals surface area contributed by atoms with Gasteiger partial charge in [-0.3, -0.25) is 9.29 Å². The molecule has 2 aliphatic heterocycles. The summed E-state index contributed by atoms with van der Waals surface area (Å²) in [5.74, 6) is -0.0921. The minimum Gasteiger partial charge on any atom is -0.298 e. The van der Waals surface area contributed by atoms with Crippen LogP contribution in [0.1, 0.15) is 20.3 Å². The molecular formula is C10H18FNO2S. The summed E-state index contributed by atoms with van der Waals surface area (Å²) in [5, 5.41) is 0. The maximum absolute atomic E-state index is 12.8. The van der Waals surface area contributed by atoms with Crippen molar-refractivity contribution in [3.63, 3.8) is 0 Å². The summed E-state index contributed by atoms with van der Waals surface area (Å²) in [6, 6.07) is 0.353. The standard InChI is InChI=1S/C10H18FNO2S/c1-8(2)12-6-10(7-12)9(5-11)3-4-15(10,13)14/h8-9H,3-7H2,1-2H3. The van der Waals surface area contributed by atoms with E-state index in [1.165, 1.54) is 0 Å². The second-order valence-corrected chi connectivity index (χ2v) is 7.47. The van der Waals surface area contributed by atoms with E-state index in [9.17, 15) is 12.8 Å². The van der Waals surface area contributed by atoms with Crippen molar-refractivity contribution in [3.05, 3.63) is 0 Å². The zero-order valence-corrected chi connectivity index (χ0v) is 10.1. The van der Waals surface area contributed by atoms with Crippen LogP contribution >= 0.6 is 0 Å². The molecule has 15 heavy (non-hydrogen) atoms. The van der Waals surface area contributed by atoms with E-state index in [0.717, 1.165) is 0 Å². The van der Waals surface area contributed by atoms with E-state index in [1.54, 1.807) is 0 Å². The van der Waals surface area contributed by atoms with Gasteiger partial charge in [0.2, 0.25) is 0 Å². The summed E-state index contributed by atoms with van der Waals surface area (Å²) >= 11 is 0. The van der Waals surface area contributed by atoms with Crippen molar-refractivity contribution in [2.45, 2.75) is 31.1 Å². The Labute approximate surface area is 90.6 Å². The summed E-state index contributed by atoms with van der Waals surface area (Å²) in [5.41, 5.74) is 0. The molecule has 5 heteroatoms. The molecule has 1 atom stereocenters. The average Bonchev–Trinajstić information content (AvgIpc) is 2.33. The van der Waals surface area contributed by atoms with Gasteiger partial charge in [-0.05, 0) is 20.3 Å². The van der Waals surface area contributed by atoms with Gasteiger partial charge in [0, 0.05) is 25.0 Å². The molecule has 1 spiro atoms. The van der Waals surface area contributed by atoms with Gasteiger partial charge in [0.15, 0.2) is 9.84 Å². The molecule has 88 valence electrons. The Kier molecular flexibility index (Phi) is 2.58. The topological polar surface area (TPSA) is 37.4 Å². The lowest BCUT2D eigenvalue weighted by Gasteiger charge is -2.51. The zero-order valence-electron chi connectivity index (χ0n) is 9.24. The van der Waals surface area contributed by atoms with Crippen LogP contribution in [-0.2, 0) is 9.84 Å². The Hall–Kier alpha value is -0.160. The third-order valence-corrected chi connectivity index (χ3v) is 6.56. The van der Waals surface area contributed by atoms with Gasteiger partial charge in [0.1, 0.15) is 4.75 Å². The van der Waals surface area contributed by atoms with Crippen LogP contribution in [0.15, 0.2) is 0 Å². The molecular weight excluding hydrogens is 217 g/mol. The maximum atomic E-state index is 12.8. The highest BCUT2D eigenvalue weighted by atomic mass is 32.2. The molecule has 0 amide bonds. The highest BCUT2D eigenvalue weighted by Crippen LogP contribution is 2.45. The largest absolute Gasteiger partial charge is 0.298 e. The molecule has 2 heterocycles. The van der Waals surface area contributed by atoms with Crippen LogP contribution in [0.25, 0.3) is 0 Å². The predicted octanol–water partition coefficient (Wildman–Crippen LogP) is 0.853. The molecule has 0 bridgehead atoms. The lowest BCUT2D eigenvalue weighted by Crippen LogP contribution is -2.68. The van der Waals surface area contributed by atoms with E-state index < -0.39 is 21.3 Å². The average molecular weight is 235 g/mol. The Morgan fingerprint density at radius 2 is 2.07 bits per heavy atom. The van der Waals surface area contributed by atoms with Gasteiger partial charge in [-0.1, -0.05) is 0 Å². The first-order valence-electron chi connectivity index (χ1n) is 5.45. The molecule has 0 radical (unpaired) electrons. The first-order chi connectivity index (χ1) is 6.93. The summed E-state index contributed by atoms with van der Waals surface area (Å²) in [7, 11) is -3.06. The quantitative estimate of drug-likeness (QED) is 0.712. The van der Waals surface area contributed by atoms with E-state index in [2.05, 4.69) is 4.90 Å². The van der Waals surface area contributed by atoms with Gasteiger partial charge in [-0.15, -0.1) is 0 Å². The number of hydrogen-bond donors (Lipinski definition) is 0. The SMILES string of the molecule is CC(C)N1CC2(C1)C(CF)CCS2(=O)=O. The van der Waals surface area contributed by atoms with Gasteiger partial charge in [0.05, 0.1) is 12.4 Å². The normalized spacial score (nSPS) is 33.5. The number of likely N-dealkylation sites (tertiary alicyclic amines) is 1. The van der Waals surface area contributed by atoms with Gasteiger partial charge in [-0.2, -0.15) is 0 Å². The molecule has 3 nitrogen and oxygen atoms in total. The Morgan fingerprint density at radius 1 is 1.47 bits per heavy atom. The van der Waals surface area contributed by atoms with Gasteiger partial charge >= 0.3 is 0 Å². The van der Waals surface area contributed by atoms with Crippen molar-refractivity contribution in [1.29, 1.82) is 0 Å². The van der Waals surface area contributed by atoms with Crippen molar-refractivity contribution in [2.75, 3.05) is 25.5 Å². The molecule has 0 saturated carbocycles. The Balaban J connectivity index is 2.20. The number of alkyl halides is 1. The summed E-state index contributed by atoms with van der Waals surface area (Å²) in [6.07, 6.45) is 0.505. The van der Waals surface area contributed by atoms with E-state index >= 15 is 0 Å². The lowest BCUT2D eigenvalue weighted by atomic mass is 9.83. The summed E-state index contributed by atoms with van der Waals surface area (Å²) in [6.45, 7) is 4.64. The molecule has 1 unspecified atom stereocenters. The number of halogens is 1. The molecule has 0 aromatic heterocycles. The third kappa shape index (κ3) is 1.43. The first-order valence-corrected chi connectivity index (χ1v) is 7.10. The van der Waals surface area contributed by atoms with Crippen molar-refractivity contribution < 1.29 is 12.8 Å². The second-order valence-electron chi connectivity index (χ2n) is 5.02. The number of hydrogen-bond acceptors (Lipinski definition) is 3. The molecule has 0 aromatic rings. The Morgan fingerprint density at radius 3 is 2.53 bits per heavy atom. The van der Waals surface area contributed by atoms with Crippen LogP contribution in [0.4, 0.5) is 4.39 Å². The number of rotatable bonds is 2. The van der Waals surface area contributed by atoms with E-state index in [4.69, 9.17) is 0 Å². The fraction of sp³-hybridized carbons (Fsp3) is 1.00. The lowest BCUT2D eigenvalue weighted by molar-refractivity contribution is 0.0494. The predicted molar refractivity (Wildman–Crippen MR) is 57.3 cm³/mol. The first kappa shape index (κ1) is 11.3. The van der Waals surface area contributed by atoms with E-state index in [0.29, 0.717) is 25.6 Å². The van der Waals surface area contributed by atoms with Crippen LogP contribution in [0, 0.1) is 5.92 Å². The van der Waals surface area contributed by atoms with Crippen molar-refractivity contribution in [3.8, 4) is 0 Å². The van der Waals surface area contributed by atoms with Crippen LogP contribution in [0.2, 0.25) is 0 Å². The molecule has 0 N–H and O–H groups in total. The fourth-order valence-electron chi connectivity index (χ4n) is 2.70. The van der Waals surface area contributed by atoms with Crippen LogP contribution in [0.5, 0.6) is 0 Å². The minimum atomic E-state index is -3.06. The number of sulfone groups is 1. The minimum absolute atomic E-state index is 0.174. The van der Waals surface area contributed by atoms with Crippen molar-refractivity contribution in [1.82, 2.24) is 4.90 Å². The third-order valence-electron chi connectivity index (χ3n) is 3.96.